The van der Waals surface area contributed by atoms with Gasteiger partial charge in [0.1, 0.15) is 0 Å². The predicted octanol–water partition coefficient (Wildman–Crippen LogP) is 2.32. The molecule has 16 heavy (non-hydrogen) atoms. The maximum Gasteiger partial charge on any atom is 0.0857 e. The van der Waals surface area contributed by atoms with Crippen LogP contribution in [0.1, 0.15) is 25.5 Å². The van der Waals surface area contributed by atoms with Crippen LogP contribution >= 0.6 is 15.9 Å². The molecule has 1 aliphatic heterocycles. The number of aliphatic hydroxyl groups is 1. The van der Waals surface area contributed by atoms with E-state index < -0.39 is 6.10 Å². The maximum atomic E-state index is 10.0. The highest BCUT2D eigenvalue weighted by atomic mass is 79.9. The first kappa shape index (κ1) is 12.0. The van der Waals surface area contributed by atoms with Crippen molar-refractivity contribution in [1.29, 1.82) is 0 Å². The second kappa shape index (κ2) is 5.25. The van der Waals surface area contributed by atoms with Gasteiger partial charge in [-0.1, -0.05) is 0 Å². The van der Waals surface area contributed by atoms with Gasteiger partial charge in [0.25, 0.3) is 0 Å². The summed E-state index contributed by atoms with van der Waals surface area (Å²) in [7, 11) is 0. The van der Waals surface area contributed by atoms with Crippen LogP contribution in [0, 0.1) is 0 Å². The lowest BCUT2D eigenvalue weighted by molar-refractivity contribution is -0.0281. The highest BCUT2D eigenvalue weighted by Crippen LogP contribution is 2.23. The fraction of sp³-hybridized carbons (Fsp3) is 0.583. The first-order chi connectivity index (χ1) is 7.65. The van der Waals surface area contributed by atoms with Gasteiger partial charge in [-0.05, 0) is 47.8 Å². The minimum absolute atomic E-state index is 0.0274. The van der Waals surface area contributed by atoms with Crippen LogP contribution in [0.15, 0.2) is 22.8 Å². The van der Waals surface area contributed by atoms with Gasteiger partial charge >= 0.3 is 0 Å². The van der Waals surface area contributed by atoms with E-state index in [-0.39, 0.29) is 12.2 Å². The van der Waals surface area contributed by atoms with Gasteiger partial charge in [0.2, 0.25) is 0 Å². The molecule has 3 atom stereocenters. The van der Waals surface area contributed by atoms with E-state index in [4.69, 9.17) is 4.74 Å². The molecule has 1 aromatic heterocycles. The van der Waals surface area contributed by atoms with Crippen molar-refractivity contribution in [3.05, 3.63) is 28.5 Å². The molecule has 1 aromatic rings. The molecule has 88 valence electrons. The highest BCUT2D eigenvalue weighted by Gasteiger charge is 2.28. The van der Waals surface area contributed by atoms with Crippen molar-refractivity contribution < 1.29 is 9.84 Å². The van der Waals surface area contributed by atoms with Gasteiger partial charge < -0.3 is 9.84 Å². The van der Waals surface area contributed by atoms with Crippen LogP contribution in [-0.4, -0.2) is 28.4 Å². The number of aliphatic hydroxyl groups excluding tert-OH is 1. The van der Waals surface area contributed by atoms with Gasteiger partial charge in [-0.2, -0.15) is 0 Å². The van der Waals surface area contributed by atoms with Crippen LogP contribution in [0.2, 0.25) is 0 Å². The molecule has 0 aliphatic carbocycles. The molecule has 3 unspecified atom stereocenters. The Morgan fingerprint density at radius 3 is 2.94 bits per heavy atom. The summed E-state index contributed by atoms with van der Waals surface area (Å²) < 4.78 is 6.59. The Morgan fingerprint density at radius 2 is 2.38 bits per heavy atom. The van der Waals surface area contributed by atoms with Crippen LogP contribution in [0.4, 0.5) is 0 Å². The molecule has 0 spiro atoms. The second-order valence-electron chi connectivity index (χ2n) is 4.30. The SMILES string of the molecule is CC1CCC(C(O)Cc2ccc(Br)cn2)O1. The lowest BCUT2D eigenvalue weighted by Gasteiger charge is -2.17. The van der Waals surface area contributed by atoms with Crippen LogP contribution in [0.5, 0.6) is 0 Å². The summed E-state index contributed by atoms with van der Waals surface area (Å²) in [6.07, 6.45) is 4.09. The molecule has 1 aliphatic rings. The van der Waals surface area contributed by atoms with Crippen molar-refractivity contribution in [2.45, 2.75) is 44.5 Å². The van der Waals surface area contributed by atoms with Crippen LogP contribution in [0.25, 0.3) is 0 Å². The van der Waals surface area contributed by atoms with E-state index in [0.29, 0.717) is 6.42 Å². The Hall–Kier alpha value is -0.450. The number of rotatable bonds is 3. The number of aromatic nitrogens is 1. The summed E-state index contributed by atoms with van der Waals surface area (Å²) in [5.74, 6) is 0. The molecule has 1 saturated heterocycles. The molecule has 0 aromatic carbocycles. The Labute approximate surface area is 104 Å². The molecular formula is C12H16BrNO2. The minimum atomic E-state index is -0.446. The van der Waals surface area contributed by atoms with Crippen molar-refractivity contribution in [3.8, 4) is 0 Å². The van der Waals surface area contributed by atoms with Gasteiger partial charge in [-0.3, -0.25) is 4.98 Å². The molecule has 3 nitrogen and oxygen atoms in total. The smallest absolute Gasteiger partial charge is 0.0857 e. The number of hydrogen-bond acceptors (Lipinski definition) is 3. The molecule has 1 fully saturated rings. The van der Waals surface area contributed by atoms with Gasteiger partial charge in [0.05, 0.1) is 18.3 Å². The molecular weight excluding hydrogens is 270 g/mol. The van der Waals surface area contributed by atoms with Crippen molar-refractivity contribution >= 4 is 15.9 Å². The van der Waals surface area contributed by atoms with Gasteiger partial charge in [0.15, 0.2) is 0 Å². The molecule has 2 rings (SSSR count). The number of ether oxygens (including phenoxy) is 1. The van der Waals surface area contributed by atoms with Crippen molar-refractivity contribution in [2.75, 3.05) is 0 Å². The lowest BCUT2D eigenvalue weighted by Crippen LogP contribution is -2.28. The summed E-state index contributed by atoms with van der Waals surface area (Å²) in [5, 5.41) is 10.0. The minimum Gasteiger partial charge on any atom is -0.390 e. The van der Waals surface area contributed by atoms with Crippen molar-refractivity contribution in [3.63, 3.8) is 0 Å². The zero-order chi connectivity index (χ0) is 11.5. The Bertz CT molecular complexity index is 341. The molecule has 0 saturated carbocycles. The maximum absolute atomic E-state index is 10.0. The number of pyridine rings is 1. The van der Waals surface area contributed by atoms with Crippen LogP contribution in [0.3, 0.4) is 0 Å². The molecule has 0 radical (unpaired) electrons. The Kier molecular flexibility index (Phi) is 3.95. The highest BCUT2D eigenvalue weighted by molar-refractivity contribution is 9.10. The summed E-state index contributed by atoms with van der Waals surface area (Å²) in [4.78, 5) is 4.25. The third kappa shape index (κ3) is 3.03. The topological polar surface area (TPSA) is 42.4 Å². The largest absolute Gasteiger partial charge is 0.390 e. The zero-order valence-electron chi connectivity index (χ0n) is 9.27. The summed E-state index contributed by atoms with van der Waals surface area (Å²) in [6, 6.07) is 3.86. The first-order valence-corrected chi connectivity index (χ1v) is 6.38. The Balaban J connectivity index is 1.91. The average Bonchev–Trinajstić information content (AvgIpc) is 2.68. The molecule has 0 bridgehead atoms. The number of hydrogen-bond donors (Lipinski definition) is 1. The quantitative estimate of drug-likeness (QED) is 0.927. The van der Waals surface area contributed by atoms with E-state index in [1.54, 1.807) is 6.20 Å². The van der Waals surface area contributed by atoms with Crippen LogP contribution in [-0.2, 0) is 11.2 Å². The standard InChI is InChI=1S/C12H16BrNO2/c1-8-2-5-12(16-8)11(15)6-10-4-3-9(13)7-14-10/h3-4,7-8,11-12,15H,2,5-6H2,1H3. The van der Waals surface area contributed by atoms with Gasteiger partial charge in [0, 0.05) is 22.8 Å². The number of nitrogens with zero attached hydrogens (tertiary/aromatic N) is 1. The van der Waals surface area contributed by atoms with E-state index in [1.165, 1.54) is 0 Å². The van der Waals surface area contributed by atoms with E-state index in [0.717, 1.165) is 23.0 Å². The van der Waals surface area contributed by atoms with Crippen molar-refractivity contribution in [1.82, 2.24) is 4.98 Å². The lowest BCUT2D eigenvalue weighted by atomic mass is 10.1. The average molecular weight is 286 g/mol. The van der Waals surface area contributed by atoms with E-state index in [2.05, 4.69) is 20.9 Å². The van der Waals surface area contributed by atoms with E-state index >= 15 is 0 Å². The van der Waals surface area contributed by atoms with E-state index in [9.17, 15) is 5.11 Å². The summed E-state index contributed by atoms with van der Waals surface area (Å²) >= 11 is 3.34. The fourth-order valence-electron chi connectivity index (χ4n) is 1.99. The fourth-order valence-corrected chi connectivity index (χ4v) is 2.22. The number of halogens is 1. The summed E-state index contributed by atoms with van der Waals surface area (Å²) in [6.45, 7) is 2.05. The third-order valence-corrected chi connectivity index (χ3v) is 3.37. The summed E-state index contributed by atoms with van der Waals surface area (Å²) in [5.41, 5.74) is 0.902. The van der Waals surface area contributed by atoms with E-state index in [1.807, 2.05) is 19.1 Å². The molecule has 1 N–H and O–H groups in total. The molecule has 2 heterocycles. The van der Waals surface area contributed by atoms with Crippen LogP contribution < -0.4 is 0 Å². The van der Waals surface area contributed by atoms with Gasteiger partial charge in [-0.25, -0.2) is 0 Å². The third-order valence-electron chi connectivity index (χ3n) is 2.90. The monoisotopic (exact) mass is 285 g/mol. The molecule has 0 amide bonds. The Morgan fingerprint density at radius 1 is 1.56 bits per heavy atom. The first-order valence-electron chi connectivity index (χ1n) is 5.59. The normalized spacial score (nSPS) is 26.9. The second-order valence-corrected chi connectivity index (χ2v) is 5.22. The van der Waals surface area contributed by atoms with Crippen molar-refractivity contribution in [2.24, 2.45) is 0 Å². The zero-order valence-corrected chi connectivity index (χ0v) is 10.9. The molecule has 4 heteroatoms. The predicted molar refractivity (Wildman–Crippen MR) is 65.2 cm³/mol. The van der Waals surface area contributed by atoms with Gasteiger partial charge in [-0.15, -0.1) is 0 Å².